The smallest absolute Gasteiger partial charge is 0.132 e. The van der Waals surface area contributed by atoms with E-state index in [0.29, 0.717) is 28.6 Å². The maximum absolute atomic E-state index is 13.5. The molecule has 0 radical (unpaired) electrons. The van der Waals surface area contributed by atoms with E-state index in [2.05, 4.69) is 18.5 Å². The summed E-state index contributed by atoms with van der Waals surface area (Å²) in [4.78, 5) is 4.54. The van der Waals surface area contributed by atoms with Gasteiger partial charge in [-0.05, 0) is 24.6 Å². The molecule has 0 aliphatic heterocycles. The maximum atomic E-state index is 13.5. The molecular formula is C15H17ClFN3. The molecule has 106 valence electrons. The SMILES string of the molecule is C=CCn1c(CCC)nc(-c2cc(F)cc(Cl)c2)c1N. The van der Waals surface area contributed by atoms with E-state index < -0.39 is 5.82 Å². The molecule has 0 bridgehead atoms. The highest BCUT2D eigenvalue weighted by atomic mass is 35.5. The first-order valence-electron chi connectivity index (χ1n) is 6.49. The number of rotatable bonds is 5. The van der Waals surface area contributed by atoms with Crippen LogP contribution in [0.5, 0.6) is 0 Å². The predicted octanol–water partition coefficient (Wildman–Crippen LogP) is 4.06. The van der Waals surface area contributed by atoms with Crippen LogP contribution in [0, 0.1) is 5.82 Å². The van der Waals surface area contributed by atoms with Crippen LogP contribution in [0.2, 0.25) is 5.02 Å². The van der Waals surface area contributed by atoms with Crippen molar-refractivity contribution in [3.05, 3.63) is 47.5 Å². The van der Waals surface area contributed by atoms with E-state index in [-0.39, 0.29) is 0 Å². The number of benzene rings is 1. The highest BCUT2D eigenvalue weighted by Crippen LogP contribution is 2.29. The molecule has 1 aromatic carbocycles. The maximum Gasteiger partial charge on any atom is 0.132 e. The van der Waals surface area contributed by atoms with Crippen LogP contribution < -0.4 is 5.73 Å². The van der Waals surface area contributed by atoms with E-state index in [4.69, 9.17) is 17.3 Å². The van der Waals surface area contributed by atoms with Gasteiger partial charge in [0.2, 0.25) is 0 Å². The Hall–Kier alpha value is -1.81. The van der Waals surface area contributed by atoms with Crippen LogP contribution in [-0.4, -0.2) is 9.55 Å². The average Bonchev–Trinajstić information content (AvgIpc) is 2.67. The molecule has 5 heteroatoms. The first-order valence-corrected chi connectivity index (χ1v) is 6.86. The Labute approximate surface area is 122 Å². The van der Waals surface area contributed by atoms with E-state index in [1.165, 1.54) is 12.1 Å². The third-order valence-electron chi connectivity index (χ3n) is 3.01. The molecular weight excluding hydrogens is 277 g/mol. The Morgan fingerprint density at radius 1 is 1.45 bits per heavy atom. The zero-order valence-corrected chi connectivity index (χ0v) is 12.1. The standard InChI is InChI=1S/C15H17ClFN3/c1-3-5-13-19-14(15(18)20(13)6-4-2)10-7-11(16)9-12(17)8-10/h4,7-9H,2-3,5-6,18H2,1H3. The lowest BCUT2D eigenvalue weighted by Gasteiger charge is -2.06. The molecule has 2 rings (SSSR count). The van der Waals surface area contributed by atoms with Gasteiger partial charge in [-0.25, -0.2) is 9.37 Å². The number of imidazole rings is 1. The zero-order chi connectivity index (χ0) is 14.7. The number of nitrogens with two attached hydrogens (primary N) is 1. The number of allylic oxidation sites excluding steroid dienone is 1. The van der Waals surface area contributed by atoms with E-state index in [1.807, 2.05) is 4.57 Å². The molecule has 2 N–H and O–H groups in total. The summed E-state index contributed by atoms with van der Waals surface area (Å²) in [6, 6.07) is 4.31. The van der Waals surface area contributed by atoms with Crippen LogP contribution in [0.1, 0.15) is 19.2 Å². The zero-order valence-electron chi connectivity index (χ0n) is 11.4. The molecule has 0 saturated heterocycles. The summed E-state index contributed by atoms with van der Waals surface area (Å²) in [5.74, 6) is 0.984. The Morgan fingerprint density at radius 3 is 2.80 bits per heavy atom. The van der Waals surface area contributed by atoms with Gasteiger partial charge in [0.1, 0.15) is 23.2 Å². The van der Waals surface area contributed by atoms with E-state index in [0.717, 1.165) is 18.7 Å². The monoisotopic (exact) mass is 293 g/mol. The quantitative estimate of drug-likeness (QED) is 0.845. The van der Waals surface area contributed by atoms with Gasteiger partial charge in [-0.15, -0.1) is 6.58 Å². The summed E-state index contributed by atoms with van der Waals surface area (Å²) < 4.78 is 15.4. The third kappa shape index (κ3) is 2.85. The van der Waals surface area contributed by atoms with Crippen molar-refractivity contribution in [2.75, 3.05) is 5.73 Å². The number of nitrogens with zero attached hydrogens (tertiary/aromatic N) is 2. The van der Waals surface area contributed by atoms with Gasteiger partial charge >= 0.3 is 0 Å². The molecule has 0 aliphatic rings. The molecule has 0 saturated carbocycles. The number of aromatic nitrogens is 2. The molecule has 0 unspecified atom stereocenters. The fourth-order valence-electron chi connectivity index (χ4n) is 2.16. The van der Waals surface area contributed by atoms with Crippen molar-refractivity contribution in [3.8, 4) is 11.3 Å². The first kappa shape index (κ1) is 14.6. The minimum Gasteiger partial charge on any atom is -0.383 e. The van der Waals surface area contributed by atoms with Gasteiger partial charge in [-0.1, -0.05) is 24.6 Å². The molecule has 20 heavy (non-hydrogen) atoms. The van der Waals surface area contributed by atoms with Gasteiger partial charge < -0.3 is 10.3 Å². The summed E-state index contributed by atoms with van der Waals surface area (Å²) in [6.45, 7) is 6.38. The predicted molar refractivity (Wildman–Crippen MR) is 81.2 cm³/mol. The second kappa shape index (κ2) is 6.09. The summed E-state index contributed by atoms with van der Waals surface area (Å²) in [6.07, 6.45) is 3.53. The fraction of sp³-hybridized carbons (Fsp3) is 0.267. The number of anilines is 1. The van der Waals surface area contributed by atoms with Gasteiger partial charge in [0.05, 0.1) is 0 Å². The lowest BCUT2D eigenvalue weighted by atomic mass is 10.1. The highest BCUT2D eigenvalue weighted by Gasteiger charge is 2.16. The van der Waals surface area contributed by atoms with Crippen LogP contribution in [0.4, 0.5) is 10.2 Å². The molecule has 3 nitrogen and oxygen atoms in total. The van der Waals surface area contributed by atoms with Gasteiger partial charge in [-0.2, -0.15) is 0 Å². The van der Waals surface area contributed by atoms with Gasteiger partial charge in [-0.3, -0.25) is 0 Å². The second-order valence-corrected chi connectivity index (χ2v) is 5.01. The minimum atomic E-state index is -0.401. The molecule has 0 aliphatic carbocycles. The number of hydrogen-bond donors (Lipinski definition) is 1. The van der Waals surface area contributed by atoms with Crippen LogP contribution in [0.25, 0.3) is 11.3 Å². The van der Waals surface area contributed by atoms with Crippen molar-refractivity contribution in [2.45, 2.75) is 26.3 Å². The minimum absolute atomic E-state index is 0.328. The van der Waals surface area contributed by atoms with Crippen LogP contribution >= 0.6 is 11.6 Å². The fourth-order valence-corrected chi connectivity index (χ4v) is 2.39. The van der Waals surface area contributed by atoms with E-state index in [1.54, 1.807) is 12.1 Å². The summed E-state index contributed by atoms with van der Waals surface area (Å²) in [5.41, 5.74) is 7.30. The molecule has 0 fully saturated rings. The topological polar surface area (TPSA) is 43.8 Å². The largest absolute Gasteiger partial charge is 0.383 e. The molecule has 1 aromatic heterocycles. The van der Waals surface area contributed by atoms with Crippen molar-refractivity contribution in [3.63, 3.8) is 0 Å². The third-order valence-corrected chi connectivity index (χ3v) is 3.23. The highest BCUT2D eigenvalue weighted by molar-refractivity contribution is 6.30. The normalized spacial score (nSPS) is 10.8. The van der Waals surface area contributed by atoms with Gasteiger partial charge in [0.25, 0.3) is 0 Å². The van der Waals surface area contributed by atoms with Gasteiger partial charge in [0.15, 0.2) is 0 Å². The van der Waals surface area contributed by atoms with E-state index >= 15 is 0 Å². The molecule has 2 aromatic rings. The molecule has 1 heterocycles. The molecule has 0 spiro atoms. The summed E-state index contributed by atoms with van der Waals surface area (Å²) >= 11 is 5.89. The van der Waals surface area contributed by atoms with Crippen molar-refractivity contribution < 1.29 is 4.39 Å². The number of nitrogen functional groups attached to an aromatic ring is 1. The number of halogens is 2. The number of aryl methyl sites for hydroxylation is 1. The molecule has 0 atom stereocenters. The lowest BCUT2D eigenvalue weighted by Crippen LogP contribution is -2.05. The average molecular weight is 294 g/mol. The summed E-state index contributed by atoms with van der Waals surface area (Å²) in [5, 5.41) is 0.328. The van der Waals surface area contributed by atoms with E-state index in [9.17, 15) is 4.39 Å². The van der Waals surface area contributed by atoms with Crippen LogP contribution in [0.15, 0.2) is 30.9 Å². The molecule has 0 amide bonds. The van der Waals surface area contributed by atoms with Crippen molar-refractivity contribution in [2.24, 2.45) is 0 Å². The first-order chi connectivity index (χ1) is 9.56. The number of hydrogen-bond acceptors (Lipinski definition) is 2. The van der Waals surface area contributed by atoms with Crippen LogP contribution in [-0.2, 0) is 13.0 Å². The lowest BCUT2D eigenvalue weighted by molar-refractivity contribution is 0.628. The van der Waals surface area contributed by atoms with Crippen LogP contribution in [0.3, 0.4) is 0 Å². The van der Waals surface area contributed by atoms with Crippen molar-refractivity contribution in [1.82, 2.24) is 9.55 Å². The van der Waals surface area contributed by atoms with Crippen molar-refractivity contribution in [1.29, 1.82) is 0 Å². The van der Waals surface area contributed by atoms with Crippen molar-refractivity contribution >= 4 is 17.4 Å². The Bertz CT molecular complexity index is 614. The second-order valence-electron chi connectivity index (χ2n) is 4.57. The van der Waals surface area contributed by atoms with Gasteiger partial charge in [0, 0.05) is 23.6 Å². The Balaban J connectivity index is 2.56. The Morgan fingerprint density at radius 2 is 2.20 bits per heavy atom. The summed E-state index contributed by atoms with van der Waals surface area (Å²) in [7, 11) is 0. The Kier molecular flexibility index (Phi) is 4.45.